The Bertz CT molecular complexity index is 728. The second kappa shape index (κ2) is 14.9. The zero-order valence-electron chi connectivity index (χ0n) is 17.1. The first-order valence-corrected chi connectivity index (χ1v) is 9.14. The fraction of sp³-hybridized carbons (Fsp3) is 0.381. The Balaban J connectivity index is 0.00000392. The number of halogens is 2. The highest BCUT2D eigenvalue weighted by molar-refractivity contribution is 5.91. The first-order chi connectivity index (χ1) is 13.1. The second-order valence-electron chi connectivity index (χ2n) is 6.32. The lowest BCUT2D eigenvalue weighted by Gasteiger charge is -2.13. The third-order valence-electron chi connectivity index (χ3n) is 4.03. The van der Waals surface area contributed by atoms with Crippen molar-refractivity contribution in [2.45, 2.75) is 19.9 Å². The van der Waals surface area contributed by atoms with E-state index < -0.39 is 0 Å². The molecule has 2 aromatic rings. The fourth-order valence-electron chi connectivity index (χ4n) is 2.54. The molecule has 0 unspecified atom stereocenters. The van der Waals surface area contributed by atoms with E-state index in [4.69, 9.17) is 9.47 Å². The molecule has 0 spiro atoms. The molecule has 29 heavy (non-hydrogen) atoms. The van der Waals surface area contributed by atoms with Gasteiger partial charge in [0.1, 0.15) is 0 Å². The van der Waals surface area contributed by atoms with Crippen LogP contribution in [0, 0.1) is 6.92 Å². The van der Waals surface area contributed by atoms with E-state index in [2.05, 4.69) is 16.0 Å². The van der Waals surface area contributed by atoms with E-state index in [0.29, 0.717) is 11.5 Å². The van der Waals surface area contributed by atoms with Crippen molar-refractivity contribution in [3.05, 3.63) is 53.6 Å². The van der Waals surface area contributed by atoms with Gasteiger partial charge in [0.25, 0.3) is 5.91 Å². The number of ether oxygens (including phenoxy) is 2. The van der Waals surface area contributed by atoms with Gasteiger partial charge in [-0.25, -0.2) is 0 Å². The molecule has 0 aliphatic rings. The molecule has 0 bridgehead atoms. The Labute approximate surface area is 185 Å². The molecular weight excluding hydrogens is 413 g/mol. The van der Waals surface area contributed by atoms with Crippen LogP contribution in [0.25, 0.3) is 0 Å². The van der Waals surface area contributed by atoms with Crippen LogP contribution in [0.3, 0.4) is 0 Å². The summed E-state index contributed by atoms with van der Waals surface area (Å²) in [7, 11) is 3.54. The van der Waals surface area contributed by atoms with Crippen LogP contribution in [0.1, 0.15) is 17.5 Å². The molecule has 0 radical (unpaired) electrons. The Morgan fingerprint density at radius 2 is 1.72 bits per heavy atom. The minimum absolute atomic E-state index is 0. The first-order valence-electron chi connectivity index (χ1n) is 9.14. The summed E-state index contributed by atoms with van der Waals surface area (Å²) in [5, 5.41) is 9.32. The smallest absolute Gasteiger partial charge is 0.262 e. The summed E-state index contributed by atoms with van der Waals surface area (Å²) in [4.78, 5) is 12.1. The van der Waals surface area contributed by atoms with Crippen molar-refractivity contribution in [2.75, 3.05) is 39.2 Å². The van der Waals surface area contributed by atoms with Gasteiger partial charge >= 0.3 is 0 Å². The topological polar surface area (TPSA) is 71.6 Å². The lowest BCUT2D eigenvalue weighted by Crippen LogP contribution is -2.20. The lowest BCUT2D eigenvalue weighted by molar-refractivity contribution is -0.118. The van der Waals surface area contributed by atoms with E-state index in [1.165, 1.54) is 0 Å². The Morgan fingerprint density at radius 3 is 2.38 bits per heavy atom. The van der Waals surface area contributed by atoms with Crippen molar-refractivity contribution in [2.24, 2.45) is 0 Å². The molecule has 3 N–H and O–H groups in total. The van der Waals surface area contributed by atoms with Crippen LogP contribution in [0.4, 0.5) is 5.69 Å². The minimum Gasteiger partial charge on any atom is -0.493 e. The number of hydrogen-bond donors (Lipinski definition) is 3. The number of rotatable bonds is 11. The molecule has 0 atom stereocenters. The van der Waals surface area contributed by atoms with E-state index in [1.807, 2.05) is 56.4 Å². The molecule has 1 amide bonds. The third-order valence-corrected chi connectivity index (χ3v) is 4.03. The summed E-state index contributed by atoms with van der Waals surface area (Å²) < 4.78 is 11.0. The molecule has 0 aliphatic heterocycles. The number of benzene rings is 2. The zero-order chi connectivity index (χ0) is 19.5. The van der Waals surface area contributed by atoms with Crippen molar-refractivity contribution < 1.29 is 14.3 Å². The number of anilines is 1. The number of carbonyl (C=O) groups excluding carboxylic acids is 1. The largest absolute Gasteiger partial charge is 0.493 e. The molecule has 2 rings (SSSR count). The highest BCUT2D eigenvalue weighted by Gasteiger charge is 2.09. The number of aryl methyl sites for hydroxylation is 1. The zero-order valence-corrected chi connectivity index (χ0v) is 18.8. The Morgan fingerprint density at radius 1 is 1.00 bits per heavy atom. The maximum absolute atomic E-state index is 12.1. The van der Waals surface area contributed by atoms with E-state index in [9.17, 15) is 4.79 Å². The van der Waals surface area contributed by atoms with Gasteiger partial charge < -0.3 is 25.4 Å². The number of methoxy groups -OCH3 is 1. The SMILES string of the molecule is CNCCCNCc1ccc(OCC(=O)Nc2ccc(C)cc2)c(OC)c1.Cl.Cl. The molecular formula is C21H31Cl2N3O3. The van der Waals surface area contributed by atoms with Gasteiger partial charge in [-0.05, 0) is 63.3 Å². The monoisotopic (exact) mass is 443 g/mol. The average molecular weight is 444 g/mol. The van der Waals surface area contributed by atoms with Gasteiger partial charge in [-0.3, -0.25) is 4.79 Å². The van der Waals surface area contributed by atoms with Crippen LogP contribution in [0.2, 0.25) is 0 Å². The summed E-state index contributed by atoms with van der Waals surface area (Å²) in [6.07, 6.45) is 1.07. The predicted molar refractivity (Wildman–Crippen MR) is 123 cm³/mol. The quantitative estimate of drug-likeness (QED) is 0.463. The van der Waals surface area contributed by atoms with Crippen LogP contribution in [0.5, 0.6) is 11.5 Å². The van der Waals surface area contributed by atoms with Crippen LogP contribution in [-0.2, 0) is 11.3 Å². The number of nitrogens with one attached hydrogen (secondary N) is 3. The van der Waals surface area contributed by atoms with Gasteiger partial charge in [0.05, 0.1) is 7.11 Å². The molecule has 0 fully saturated rings. The van der Waals surface area contributed by atoms with Crippen molar-refractivity contribution in [1.82, 2.24) is 10.6 Å². The van der Waals surface area contributed by atoms with Gasteiger partial charge in [-0.15, -0.1) is 24.8 Å². The summed E-state index contributed by atoms with van der Waals surface area (Å²) in [6, 6.07) is 13.4. The molecule has 0 heterocycles. The summed E-state index contributed by atoms with van der Waals surface area (Å²) in [5.74, 6) is 0.958. The molecule has 0 aromatic heterocycles. The van der Waals surface area contributed by atoms with Crippen LogP contribution < -0.4 is 25.4 Å². The van der Waals surface area contributed by atoms with Crippen molar-refractivity contribution in [1.29, 1.82) is 0 Å². The summed E-state index contributed by atoms with van der Waals surface area (Å²) >= 11 is 0. The summed E-state index contributed by atoms with van der Waals surface area (Å²) in [6.45, 7) is 4.62. The molecule has 2 aromatic carbocycles. The first kappa shape index (κ1) is 27.0. The number of carbonyl (C=O) groups is 1. The normalized spacial score (nSPS) is 9.76. The van der Waals surface area contributed by atoms with Gasteiger partial charge in [-0.1, -0.05) is 23.8 Å². The maximum atomic E-state index is 12.1. The lowest BCUT2D eigenvalue weighted by atomic mass is 10.2. The van der Waals surface area contributed by atoms with Crippen LogP contribution in [-0.4, -0.2) is 39.8 Å². The fourth-order valence-corrected chi connectivity index (χ4v) is 2.54. The Kier molecular flexibility index (Phi) is 13.9. The molecule has 0 aliphatic carbocycles. The molecule has 8 heteroatoms. The van der Waals surface area contributed by atoms with Crippen LogP contribution in [0.15, 0.2) is 42.5 Å². The molecule has 0 saturated carbocycles. The second-order valence-corrected chi connectivity index (χ2v) is 6.32. The minimum atomic E-state index is -0.212. The van der Waals surface area contributed by atoms with Gasteiger partial charge in [-0.2, -0.15) is 0 Å². The van der Waals surface area contributed by atoms with E-state index >= 15 is 0 Å². The van der Waals surface area contributed by atoms with Gasteiger partial charge in [0.15, 0.2) is 18.1 Å². The number of hydrogen-bond acceptors (Lipinski definition) is 5. The highest BCUT2D eigenvalue weighted by Crippen LogP contribution is 2.28. The van der Waals surface area contributed by atoms with E-state index in [-0.39, 0.29) is 37.3 Å². The van der Waals surface area contributed by atoms with E-state index in [1.54, 1.807) is 7.11 Å². The molecule has 6 nitrogen and oxygen atoms in total. The summed E-state index contributed by atoms with van der Waals surface area (Å²) in [5.41, 5.74) is 3.00. The van der Waals surface area contributed by atoms with Crippen molar-refractivity contribution in [3.8, 4) is 11.5 Å². The van der Waals surface area contributed by atoms with Crippen molar-refractivity contribution >= 4 is 36.4 Å². The van der Waals surface area contributed by atoms with Gasteiger partial charge in [0, 0.05) is 12.2 Å². The predicted octanol–water partition coefficient (Wildman–Crippen LogP) is 3.56. The maximum Gasteiger partial charge on any atom is 0.262 e. The standard InChI is InChI=1S/C21H29N3O3.2ClH/c1-16-5-8-18(9-6-16)24-21(25)15-27-19-10-7-17(13-20(19)26-3)14-23-12-4-11-22-2;;/h5-10,13,22-23H,4,11-12,14-15H2,1-3H3,(H,24,25);2*1H. The van der Waals surface area contributed by atoms with Gasteiger partial charge in [0.2, 0.25) is 0 Å². The molecule has 162 valence electrons. The molecule has 0 saturated heterocycles. The number of amides is 1. The highest BCUT2D eigenvalue weighted by atomic mass is 35.5. The van der Waals surface area contributed by atoms with E-state index in [0.717, 1.165) is 42.9 Å². The average Bonchev–Trinajstić information content (AvgIpc) is 2.68. The van der Waals surface area contributed by atoms with Crippen LogP contribution >= 0.6 is 24.8 Å². The Hall–Kier alpha value is -1.99. The third kappa shape index (κ3) is 9.85. The van der Waals surface area contributed by atoms with Crippen molar-refractivity contribution in [3.63, 3.8) is 0 Å².